The Morgan fingerprint density at radius 1 is 1.04 bits per heavy atom. The van der Waals surface area contributed by atoms with E-state index in [0.717, 1.165) is 42.5 Å². The highest BCUT2D eigenvalue weighted by Gasteiger charge is 2.31. The molecule has 2 aromatic rings. The molecule has 2 rings (SSSR count). The molecule has 0 spiro atoms. The summed E-state index contributed by atoms with van der Waals surface area (Å²) < 4.78 is 44.7. The van der Waals surface area contributed by atoms with Gasteiger partial charge in [-0.05, 0) is 30.3 Å². The molecule has 0 aliphatic rings. The molecule has 11 heteroatoms. The lowest BCUT2D eigenvalue weighted by molar-refractivity contribution is -0.385. The number of aromatic carboxylic acids is 1. The second-order valence-electron chi connectivity index (χ2n) is 4.70. The lowest BCUT2D eigenvalue weighted by atomic mass is 10.1. The molecule has 0 bridgehead atoms. The Balaban J connectivity index is 2.18. The fourth-order valence-electron chi connectivity index (χ4n) is 1.87. The van der Waals surface area contributed by atoms with Crippen LogP contribution in [0.4, 0.5) is 18.9 Å². The number of nitro groups is 1. The Morgan fingerprint density at radius 3 is 2.12 bits per heavy atom. The molecule has 0 fully saturated rings. The molecule has 0 aliphatic heterocycles. The van der Waals surface area contributed by atoms with Gasteiger partial charge in [-0.2, -0.15) is 0 Å². The van der Waals surface area contributed by atoms with Gasteiger partial charge in [-0.15, -0.1) is 13.2 Å². The zero-order chi connectivity index (χ0) is 19.5. The standard InChI is InChI=1S/C15H8F3NO7/c16-15(17,18)26-9-3-1-8(2-4-9)14(22)25-10-5-6-12(19(23)24)11(7-10)13(20)21/h1-7H,(H,20,21). The second-order valence-corrected chi connectivity index (χ2v) is 4.70. The molecule has 2 aromatic carbocycles. The molecule has 0 aromatic heterocycles. The molecule has 0 aliphatic carbocycles. The van der Waals surface area contributed by atoms with Crippen molar-refractivity contribution in [2.45, 2.75) is 6.36 Å². The van der Waals surface area contributed by atoms with Crippen molar-refractivity contribution < 1.29 is 42.3 Å². The fourth-order valence-corrected chi connectivity index (χ4v) is 1.87. The van der Waals surface area contributed by atoms with Crippen molar-refractivity contribution in [3.63, 3.8) is 0 Å². The van der Waals surface area contributed by atoms with Gasteiger partial charge in [-0.3, -0.25) is 10.1 Å². The van der Waals surface area contributed by atoms with Crippen LogP contribution in [0.2, 0.25) is 0 Å². The maximum absolute atomic E-state index is 12.1. The van der Waals surface area contributed by atoms with E-state index in [9.17, 15) is 32.9 Å². The van der Waals surface area contributed by atoms with E-state index >= 15 is 0 Å². The number of hydrogen-bond donors (Lipinski definition) is 1. The predicted molar refractivity (Wildman–Crippen MR) is 78.1 cm³/mol. The summed E-state index contributed by atoms with van der Waals surface area (Å²) in [5.41, 5.74) is -1.52. The number of esters is 1. The maximum atomic E-state index is 12.1. The summed E-state index contributed by atoms with van der Waals surface area (Å²) in [4.78, 5) is 32.8. The number of rotatable bonds is 5. The van der Waals surface area contributed by atoms with Gasteiger partial charge in [0.25, 0.3) is 5.69 Å². The number of ether oxygens (including phenoxy) is 2. The van der Waals surface area contributed by atoms with Crippen molar-refractivity contribution in [2.24, 2.45) is 0 Å². The summed E-state index contributed by atoms with van der Waals surface area (Å²) in [6.45, 7) is 0. The first-order chi connectivity index (χ1) is 12.1. The van der Waals surface area contributed by atoms with Crippen LogP contribution in [0.3, 0.4) is 0 Å². The Morgan fingerprint density at radius 2 is 1.62 bits per heavy atom. The quantitative estimate of drug-likeness (QED) is 0.370. The SMILES string of the molecule is O=C(Oc1ccc([N+](=O)[O-])c(C(=O)O)c1)c1ccc(OC(F)(F)F)cc1. The van der Waals surface area contributed by atoms with Crippen LogP contribution in [0.5, 0.6) is 11.5 Å². The van der Waals surface area contributed by atoms with Gasteiger partial charge in [0.15, 0.2) is 0 Å². The van der Waals surface area contributed by atoms with Crippen LogP contribution in [0, 0.1) is 10.1 Å². The molecule has 8 nitrogen and oxygen atoms in total. The number of benzene rings is 2. The van der Waals surface area contributed by atoms with Crippen molar-refractivity contribution in [3.8, 4) is 11.5 Å². The molecule has 0 saturated heterocycles. The lowest BCUT2D eigenvalue weighted by Crippen LogP contribution is -2.17. The smallest absolute Gasteiger partial charge is 0.477 e. The maximum Gasteiger partial charge on any atom is 0.573 e. The largest absolute Gasteiger partial charge is 0.573 e. The number of carboxylic acids is 1. The highest BCUT2D eigenvalue weighted by atomic mass is 19.4. The minimum Gasteiger partial charge on any atom is -0.477 e. The zero-order valence-electron chi connectivity index (χ0n) is 12.5. The molecule has 0 heterocycles. The summed E-state index contributed by atoms with van der Waals surface area (Å²) >= 11 is 0. The number of carbonyl (C=O) groups excluding carboxylic acids is 1. The van der Waals surface area contributed by atoms with Crippen molar-refractivity contribution in [2.75, 3.05) is 0 Å². The summed E-state index contributed by atoms with van der Waals surface area (Å²) in [6.07, 6.45) is -4.88. The van der Waals surface area contributed by atoms with Crippen molar-refractivity contribution in [1.82, 2.24) is 0 Å². The van der Waals surface area contributed by atoms with Crippen molar-refractivity contribution in [3.05, 3.63) is 63.7 Å². The normalized spacial score (nSPS) is 10.9. The average molecular weight is 371 g/mol. The minimum atomic E-state index is -4.88. The molecule has 0 radical (unpaired) electrons. The summed E-state index contributed by atoms with van der Waals surface area (Å²) in [5.74, 6) is -3.43. The van der Waals surface area contributed by atoms with Gasteiger partial charge >= 0.3 is 18.3 Å². The van der Waals surface area contributed by atoms with E-state index in [1.54, 1.807) is 0 Å². The summed E-state index contributed by atoms with van der Waals surface area (Å²) in [5, 5.41) is 19.7. The molecule has 1 N–H and O–H groups in total. The van der Waals surface area contributed by atoms with Gasteiger partial charge in [0.05, 0.1) is 10.5 Å². The number of halogens is 3. The van der Waals surface area contributed by atoms with Gasteiger partial charge in [0, 0.05) is 12.1 Å². The Bertz CT molecular complexity index is 863. The first-order valence-corrected chi connectivity index (χ1v) is 6.66. The summed E-state index contributed by atoms with van der Waals surface area (Å²) in [6, 6.07) is 6.46. The van der Waals surface area contributed by atoms with E-state index in [4.69, 9.17) is 9.84 Å². The van der Waals surface area contributed by atoms with E-state index in [2.05, 4.69) is 4.74 Å². The number of alkyl halides is 3. The number of carboxylic acid groups (broad SMARTS) is 1. The minimum absolute atomic E-state index is 0.144. The lowest BCUT2D eigenvalue weighted by Gasteiger charge is -2.09. The van der Waals surface area contributed by atoms with Crippen LogP contribution in [0.1, 0.15) is 20.7 Å². The zero-order valence-corrected chi connectivity index (χ0v) is 12.5. The van der Waals surface area contributed by atoms with Gasteiger partial charge in [-0.25, -0.2) is 9.59 Å². The highest BCUT2D eigenvalue weighted by molar-refractivity contribution is 5.94. The monoisotopic (exact) mass is 371 g/mol. The topological polar surface area (TPSA) is 116 Å². The van der Waals surface area contributed by atoms with E-state index < -0.39 is 40.2 Å². The summed E-state index contributed by atoms with van der Waals surface area (Å²) in [7, 11) is 0. The second kappa shape index (κ2) is 7.09. The Labute approximate surface area is 142 Å². The van der Waals surface area contributed by atoms with Crippen LogP contribution in [0.15, 0.2) is 42.5 Å². The molecule has 26 heavy (non-hydrogen) atoms. The number of carbonyl (C=O) groups is 2. The third-order valence-corrected chi connectivity index (χ3v) is 2.93. The first kappa shape index (κ1) is 18.7. The number of nitro benzene ring substituents is 1. The highest BCUT2D eigenvalue weighted by Crippen LogP contribution is 2.26. The third kappa shape index (κ3) is 4.69. The Hall–Kier alpha value is -3.63. The molecular formula is C15H8F3NO7. The van der Waals surface area contributed by atoms with Crippen LogP contribution in [-0.4, -0.2) is 28.3 Å². The molecule has 0 atom stereocenters. The molecular weight excluding hydrogens is 363 g/mol. The van der Waals surface area contributed by atoms with Gasteiger partial charge in [0.1, 0.15) is 17.1 Å². The fraction of sp³-hybridized carbons (Fsp3) is 0.0667. The number of nitrogens with zero attached hydrogens (tertiary/aromatic N) is 1. The van der Waals surface area contributed by atoms with E-state index in [0.29, 0.717) is 0 Å². The van der Waals surface area contributed by atoms with Gasteiger partial charge < -0.3 is 14.6 Å². The Kier molecular flexibility index (Phi) is 5.10. The van der Waals surface area contributed by atoms with Crippen molar-refractivity contribution >= 4 is 17.6 Å². The molecule has 0 saturated carbocycles. The van der Waals surface area contributed by atoms with Crippen LogP contribution in [-0.2, 0) is 0 Å². The molecule has 136 valence electrons. The van der Waals surface area contributed by atoms with Crippen molar-refractivity contribution in [1.29, 1.82) is 0 Å². The van der Waals surface area contributed by atoms with E-state index in [-0.39, 0.29) is 11.3 Å². The van der Waals surface area contributed by atoms with E-state index in [1.807, 2.05) is 0 Å². The van der Waals surface area contributed by atoms with Crippen LogP contribution < -0.4 is 9.47 Å². The first-order valence-electron chi connectivity index (χ1n) is 6.66. The van der Waals surface area contributed by atoms with Gasteiger partial charge in [0.2, 0.25) is 0 Å². The van der Waals surface area contributed by atoms with Crippen LogP contribution in [0.25, 0.3) is 0 Å². The molecule has 0 amide bonds. The third-order valence-electron chi connectivity index (χ3n) is 2.93. The van der Waals surface area contributed by atoms with Crippen LogP contribution >= 0.6 is 0 Å². The average Bonchev–Trinajstić information content (AvgIpc) is 2.53. The van der Waals surface area contributed by atoms with Gasteiger partial charge in [-0.1, -0.05) is 0 Å². The van der Waals surface area contributed by atoms with E-state index in [1.165, 1.54) is 0 Å². The number of hydrogen-bond acceptors (Lipinski definition) is 6. The predicted octanol–water partition coefficient (Wildman–Crippen LogP) is 3.41. The molecule has 0 unspecified atom stereocenters.